The first-order valence-electron chi connectivity index (χ1n) is 5.22. The average molecular weight is 232 g/mol. The number of hydrogen-bond acceptors (Lipinski definition) is 3. The van der Waals surface area contributed by atoms with E-state index in [1.165, 1.54) is 0 Å². The minimum atomic E-state index is -4.03. The second-order valence-electron chi connectivity index (χ2n) is 5.32. The van der Waals surface area contributed by atoms with Crippen LogP contribution in [0.4, 0.5) is 0 Å². The van der Waals surface area contributed by atoms with E-state index >= 15 is 0 Å². The highest BCUT2D eigenvalue weighted by Gasteiger charge is 2.59. The lowest BCUT2D eigenvalue weighted by Crippen LogP contribution is -2.29. The number of fused-ring (bicyclic) bond motifs is 2. The Balaban J connectivity index is 2.27. The lowest BCUT2D eigenvalue weighted by molar-refractivity contribution is -0.125. The Labute approximate surface area is 89.8 Å². The van der Waals surface area contributed by atoms with Crippen molar-refractivity contribution in [1.29, 1.82) is 0 Å². The summed E-state index contributed by atoms with van der Waals surface area (Å²) in [4.78, 5) is 11.9. The molecule has 3 unspecified atom stereocenters. The first-order chi connectivity index (χ1) is 6.73. The summed E-state index contributed by atoms with van der Waals surface area (Å²) in [6.45, 7) is 4.05. The maximum Gasteiger partial charge on any atom is 0.265 e. The fourth-order valence-electron chi connectivity index (χ4n) is 3.46. The summed E-state index contributed by atoms with van der Waals surface area (Å²) in [5, 5.41) is 0. The van der Waals surface area contributed by atoms with Crippen LogP contribution in [0.1, 0.15) is 26.7 Å². The van der Waals surface area contributed by atoms with Crippen LogP contribution < -0.4 is 0 Å². The van der Waals surface area contributed by atoms with Gasteiger partial charge in [0, 0.05) is 11.8 Å². The Kier molecular flexibility index (Phi) is 2.25. The van der Waals surface area contributed by atoms with Crippen molar-refractivity contribution in [3.63, 3.8) is 0 Å². The standard InChI is InChI=1S/C10H16O4S/c1-10(2)7-3-4-8(10)9(11)6(7)5-15(12,13)14/h6-8H,3-5H2,1-2H3,(H,12,13,14). The molecule has 2 rings (SSSR count). The lowest BCUT2D eigenvalue weighted by atomic mass is 9.80. The summed E-state index contributed by atoms with van der Waals surface area (Å²) in [5.41, 5.74) is -0.0908. The topological polar surface area (TPSA) is 71.4 Å². The molecule has 2 fully saturated rings. The second kappa shape index (κ2) is 3.04. The van der Waals surface area contributed by atoms with Gasteiger partial charge >= 0.3 is 0 Å². The van der Waals surface area contributed by atoms with Gasteiger partial charge in [-0.05, 0) is 24.2 Å². The van der Waals surface area contributed by atoms with Crippen LogP contribution in [0.25, 0.3) is 0 Å². The van der Waals surface area contributed by atoms with Crippen molar-refractivity contribution in [3.8, 4) is 0 Å². The van der Waals surface area contributed by atoms with Crippen molar-refractivity contribution in [2.75, 3.05) is 5.75 Å². The van der Waals surface area contributed by atoms with Gasteiger partial charge in [-0.2, -0.15) is 8.42 Å². The molecule has 0 aromatic carbocycles. The van der Waals surface area contributed by atoms with Crippen molar-refractivity contribution < 1.29 is 17.8 Å². The van der Waals surface area contributed by atoms with Gasteiger partial charge in [-0.25, -0.2) is 0 Å². The molecule has 86 valence electrons. The molecule has 2 saturated carbocycles. The predicted octanol–water partition coefficient (Wildman–Crippen LogP) is 1.13. The molecular formula is C10H16O4S. The molecule has 0 saturated heterocycles. The summed E-state index contributed by atoms with van der Waals surface area (Å²) in [6, 6.07) is 0. The zero-order valence-corrected chi connectivity index (χ0v) is 9.75. The van der Waals surface area contributed by atoms with Gasteiger partial charge in [0.15, 0.2) is 0 Å². The van der Waals surface area contributed by atoms with Crippen LogP contribution in [0.3, 0.4) is 0 Å². The molecule has 1 N–H and O–H groups in total. The summed E-state index contributed by atoms with van der Waals surface area (Å²) in [5.74, 6) is -0.718. The van der Waals surface area contributed by atoms with Crippen molar-refractivity contribution in [3.05, 3.63) is 0 Å². The van der Waals surface area contributed by atoms with E-state index in [2.05, 4.69) is 0 Å². The third-order valence-corrected chi connectivity index (χ3v) is 4.99. The first-order valence-corrected chi connectivity index (χ1v) is 6.83. The normalized spacial score (nSPS) is 38.6. The molecule has 4 nitrogen and oxygen atoms in total. The summed E-state index contributed by atoms with van der Waals surface area (Å²) < 4.78 is 30.5. The van der Waals surface area contributed by atoms with Crippen LogP contribution in [0.5, 0.6) is 0 Å². The average Bonchev–Trinajstić information content (AvgIpc) is 2.40. The number of Topliss-reactive ketones (excluding diaryl/α,β-unsaturated/α-hetero) is 1. The number of rotatable bonds is 2. The van der Waals surface area contributed by atoms with E-state index < -0.39 is 21.8 Å². The van der Waals surface area contributed by atoms with E-state index in [1.54, 1.807) is 0 Å². The lowest BCUT2D eigenvalue weighted by Gasteiger charge is -2.24. The Morgan fingerprint density at radius 3 is 2.40 bits per heavy atom. The fourth-order valence-corrected chi connectivity index (χ4v) is 4.31. The van der Waals surface area contributed by atoms with Crippen molar-refractivity contribution >= 4 is 15.9 Å². The first kappa shape index (κ1) is 11.1. The van der Waals surface area contributed by atoms with E-state index in [4.69, 9.17) is 4.55 Å². The minimum absolute atomic E-state index is 0.00532. The second-order valence-corrected chi connectivity index (χ2v) is 6.81. The third-order valence-electron chi connectivity index (χ3n) is 4.20. The Bertz CT molecular complexity index is 396. The molecule has 2 bridgehead atoms. The van der Waals surface area contributed by atoms with Crippen LogP contribution in [-0.2, 0) is 14.9 Å². The van der Waals surface area contributed by atoms with Gasteiger partial charge in [0.05, 0.1) is 5.75 Å². The number of carbonyl (C=O) groups excluding carboxylic acids is 1. The highest BCUT2D eigenvalue weighted by molar-refractivity contribution is 7.85. The maximum absolute atomic E-state index is 11.9. The minimum Gasteiger partial charge on any atom is -0.299 e. The van der Waals surface area contributed by atoms with Gasteiger partial charge < -0.3 is 0 Å². The van der Waals surface area contributed by atoms with Crippen molar-refractivity contribution in [2.45, 2.75) is 26.7 Å². The van der Waals surface area contributed by atoms with E-state index in [0.717, 1.165) is 12.8 Å². The molecular weight excluding hydrogens is 216 g/mol. The molecule has 0 amide bonds. The summed E-state index contributed by atoms with van der Waals surface area (Å²) >= 11 is 0. The SMILES string of the molecule is CC1(C)C2CCC1C(CS(=O)(=O)O)C2=O. The van der Waals surface area contributed by atoms with E-state index in [-0.39, 0.29) is 23.0 Å². The Morgan fingerprint density at radius 1 is 1.40 bits per heavy atom. The zero-order valence-electron chi connectivity index (χ0n) is 8.93. The third kappa shape index (κ3) is 1.61. The molecule has 0 heterocycles. The summed E-state index contributed by atoms with van der Waals surface area (Å²) in [7, 11) is -4.03. The number of carbonyl (C=O) groups is 1. The number of hydrogen-bond donors (Lipinski definition) is 1. The maximum atomic E-state index is 11.9. The highest BCUT2D eigenvalue weighted by atomic mass is 32.2. The van der Waals surface area contributed by atoms with E-state index in [1.807, 2.05) is 13.8 Å². The van der Waals surface area contributed by atoms with Crippen molar-refractivity contribution in [1.82, 2.24) is 0 Å². The fraction of sp³-hybridized carbons (Fsp3) is 0.900. The van der Waals surface area contributed by atoms with E-state index in [0.29, 0.717) is 0 Å². The van der Waals surface area contributed by atoms with Crippen molar-refractivity contribution in [2.24, 2.45) is 23.2 Å². The molecule has 0 aliphatic heterocycles. The van der Waals surface area contributed by atoms with Crippen LogP contribution in [0.2, 0.25) is 0 Å². The molecule has 5 heteroatoms. The largest absolute Gasteiger partial charge is 0.299 e. The predicted molar refractivity (Wildman–Crippen MR) is 54.9 cm³/mol. The van der Waals surface area contributed by atoms with E-state index in [9.17, 15) is 13.2 Å². The van der Waals surface area contributed by atoms with Gasteiger partial charge in [-0.1, -0.05) is 13.8 Å². The molecule has 0 aromatic rings. The molecule has 2 aliphatic rings. The van der Waals surface area contributed by atoms with Gasteiger partial charge in [-0.15, -0.1) is 0 Å². The monoisotopic (exact) mass is 232 g/mol. The molecule has 3 atom stereocenters. The van der Waals surface area contributed by atoms with Crippen LogP contribution in [-0.4, -0.2) is 24.5 Å². The van der Waals surface area contributed by atoms with Crippen LogP contribution in [0, 0.1) is 23.2 Å². The van der Waals surface area contributed by atoms with Crippen LogP contribution >= 0.6 is 0 Å². The molecule has 2 aliphatic carbocycles. The molecule has 0 radical (unpaired) electrons. The highest BCUT2D eigenvalue weighted by Crippen LogP contribution is 2.58. The summed E-state index contributed by atoms with van der Waals surface area (Å²) in [6.07, 6.45) is 1.78. The Morgan fingerprint density at radius 2 is 2.00 bits per heavy atom. The number of ketones is 1. The van der Waals surface area contributed by atoms with Gasteiger partial charge in [0.2, 0.25) is 0 Å². The molecule has 0 aromatic heterocycles. The van der Waals surface area contributed by atoms with Gasteiger partial charge in [0.25, 0.3) is 10.1 Å². The van der Waals surface area contributed by atoms with Gasteiger partial charge in [-0.3, -0.25) is 9.35 Å². The molecule has 15 heavy (non-hydrogen) atoms. The van der Waals surface area contributed by atoms with Gasteiger partial charge in [0.1, 0.15) is 5.78 Å². The Hall–Kier alpha value is -0.420. The van der Waals surface area contributed by atoms with Crippen LogP contribution in [0.15, 0.2) is 0 Å². The smallest absolute Gasteiger partial charge is 0.265 e. The zero-order chi connectivity index (χ0) is 11.4. The quantitative estimate of drug-likeness (QED) is 0.724. The molecule has 0 spiro atoms.